The van der Waals surface area contributed by atoms with Gasteiger partial charge in [0, 0.05) is 5.69 Å². The molecule has 0 bridgehead atoms. The lowest BCUT2D eigenvalue weighted by molar-refractivity contribution is -0.126. The number of anilines is 1. The topological polar surface area (TPSA) is 102 Å². The monoisotopic (exact) mass is 496 g/mol. The van der Waals surface area contributed by atoms with E-state index in [0.717, 1.165) is 23.1 Å². The Hall–Kier alpha value is -4.67. The first-order valence-corrected chi connectivity index (χ1v) is 10.7. The number of imidazole rings is 1. The highest BCUT2D eigenvalue weighted by Crippen LogP contribution is 2.23. The van der Waals surface area contributed by atoms with Crippen molar-refractivity contribution in [2.75, 3.05) is 18.5 Å². The van der Waals surface area contributed by atoms with Crippen LogP contribution in [-0.4, -0.2) is 40.5 Å². The Morgan fingerprint density at radius 1 is 0.944 bits per heavy atom. The van der Waals surface area contributed by atoms with E-state index in [9.17, 15) is 27.6 Å². The van der Waals surface area contributed by atoms with Crippen LogP contribution in [0, 0.1) is 24.4 Å². The third kappa shape index (κ3) is 5.19. The van der Waals surface area contributed by atoms with Gasteiger partial charge in [-0.1, -0.05) is 18.2 Å². The van der Waals surface area contributed by atoms with Crippen molar-refractivity contribution in [3.8, 4) is 5.69 Å². The maximum Gasteiger partial charge on any atom is 0.338 e. The van der Waals surface area contributed by atoms with Gasteiger partial charge in [0.1, 0.15) is 5.82 Å². The molecule has 0 saturated carbocycles. The Morgan fingerprint density at radius 2 is 1.69 bits per heavy atom. The Labute approximate surface area is 202 Å². The van der Waals surface area contributed by atoms with Crippen LogP contribution in [0.4, 0.5) is 18.9 Å². The molecular formula is C25H19F3N4O4. The minimum atomic E-state index is -1.73. The number of halogens is 3. The summed E-state index contributed by atoms with van der Waals surface area (Å²) in [4.78, 5) is 40.7. The number of fused-ring (bicyclic) bond motifs is 1. The van der Waals surface area contributed by atoms with E-state index in [2.05, 4.69) is 10.3 Å². The predicted molar refractivity (Wildman–Crippen MR) is 124 cm³/mol. The Balaban J connectivity index is 1.32. The van der Waals surface area contributed by atoms with Crippen LogP contribution in [0.5, 0.6) is 0 Å². The lowest BCUT2D eigenvalue weighted by Gasteiger charge is -2.09. The zero-order valence-electron chi connectivity index (χ0n) is 18.8. The molecule has 0 atom stereocenters. The van der Waals surface area contributed by atoms with Gasteiger partial charge in [0.2, 0.25) is 5.91 Å². The second-order valence-electron chi connectivity index (χ2n) is 7.66. The van der Waals surface area contributed by atoms with Crippen LogP contribution in [0.1, 0.15) is 16.2 Å². The van der Waals surface area contributed by atoms with Crippen LogP contribution in [0.25, 0.3) is 16.7 Å². The van der Waals surface area contributed by atoms with Gasteiger partial charge in [-0.3, -0.25) is 14.2 Å². The standard InChI is InChI=1S/C25H19F3N4O4/c1-14-30-19-11-15(7-10-20(19)32(14)16-5-3-2-4-6-16)25(35)36-13-22(34)29-12-21(33)31-18-9-8-17(26)23(27)24(18)28/h2-11H,12-13H2,1H3,(H,29,34)(H,31,33). The van der Waals surface area contributed by atoms with Crippen LogP contribution < -0.4 is 10.6 Å². The van der Waals surface area contributed by atoms with Gasteiger partial charge in [-0.2, -0.15) is 0 Å². The highest BCUT2D eigenvalue weighted by atomic mass is 19.2. The molecular weight excluding hydrogens is 477 g/mol. The summed E-state index contributed by atoms with van der Waals surface area (Å²) in [5, 5.41) is 4.19. The zero-order valence-corrected chi connectivity index (χ0v) is 18.8. The quantitative estimate of drug-likeness (QED) is 0.300. The molecule has 0 saturated heterocycles. The van der Waals surface area contributed by atoms with Crippen molar-refractivity contribution in [1.82, 2.24) is 14.9 Å². The number of esters is 1. The maximum absolute atomic E-state index is 13.6. The SMILES string of the molecule is Cc1nc2cc(C(=O)OCC(=O)NCC(=O)Nc3ccc(F)c(F)c3F)ccc2n1-c1ccccc1. The number of ether oxygens (including phenoxy) is 1. The molecule has 36 heavy (non-hydrogen) atoms. The number of aryl methyl sites for hydroxylation is 1. The molecule has 2 N–H and O–H groups in total. The van der Waals surface area contributed by atoms with E-state index in [-0.39, 0.29) is 5.56 Å². The smallest absolute Gasteiger partial charge is 0.338 e. The number of carbonyl (C=O) groups excluding carboxylic acids is 3. The van der Waals surface area contributed by atoms with Gasteiger partial charge in [-0.15, -0.1) is 0 Å². The van der Waals surface area contributed by atoms with Crippen molar-refractivity contribution in [1.29, 1.82) is 0 Å². The fourth-order valence-electron chi connectivity index (χ4n) is 3.49. The number of para-hydroxylation sites is 1. The Bertz CT molecular complexity index is 1470. The molecule has 0 aliphatic rings. The van der Waals surface area contributed by atoms with E-state index < -0.39 is 54.1 Å². The molecule has 0 fully saturated rings. The molecule has 2 amide bonds. The summed E-state index contributed by atoms with van der Waals surface area (Å²) in [5.74, 6) is -6.44. The number of carbonyl (C=O) groups is 3. The molecule has 0 unspecified atom stereocenters. The first kappa shape index (κ1) is 24.5. The second-order valence-corrected chi connectivity index (χ2v) is 7.66. The minimum Gasteiger partial charge on any atom is -0.452 e. The van der Waals surface area contributed by atoms with Crippen LogP contribution >= 0.6 is 0 Å². The zero-order chi connectivity index (χ0) is 25.8. The van der Waals surface area contributed by atoms with Gasteiger partial charge in [-0.25, -0.2) is 22.9 Å². The van der Waals surface area contributed by atoms with E-state index >= 15 is 0 Å². The molecule has 4 rings (SSSR count). The Kier molecular flexibility index (Phi) is 7.00. The Morgan fingerprint density at radius 3 is 2.44 bits per heavy atom. The first-order valence-electron chi connectivity index (χ1n) is 10.7. The number of aromatic nitrogens is 2. The summed E-state index contributed by atoms with van der Waals surface area (Å²) in [6, 6.07) is 15.9. The predicted octanol–water partition coefficient (Wildman–Crippen LogP) is 3.66. The number of hydrogen-bond acceptors (Lipinski definition) is 5. The third-order valence-corrected chi connectivity index (χ3v) is 5.16. The van der Waals surface area contributed by atoms with Crippen molar-refractivity contribution in [3.05, 3.63) is 89.5 Å². The van der Waals surface area contributed by atoms with Gasteiger partial charge in [0.05, 0.1) is 28.8 Å². The van der Waals surface area contributed by atoms with Gasteiger partial charge < -0.3 is 15.4 Å². The molecule has 184 valence electrons. The molecule has 0 aliphatic carbocycles. The van der Waals surface area contributed by atoms with Crippen molar-refractivity contribution in [3.63, 3.8) is 0 Å². The summed E-state index contributed by atoms with van der Waals surface area (Å²) in [6.07, 6.45) is 0. The highest BCUT2D eigenvalue weighted by molar-refractivity contribution is 5.97. The van der Waals surface area contributed by atoms with E-state index in [4.69, 9.17) is 4.74 Å². The third-order valence-electron chi connectivity index (χ3n) is 5.16. The summed E-state index contributed by atoms with van der Waals surface area (Å²) in [7, 11) is 0. The van der Waals surface area contributed by atoms with E-state index in [0.29, 0.717) is 11.6 Å². The average molecular weight is 496 g/mol. The van der Waals surface area contributed by atoms with Gasteiger partial charge in [-0.05, 0) is 49.4 Å². The molecule has 1 heterocycles. The van der Waals surface area contributed by atoms with Crippen LogP contribution in [-0.2, 0) is 14.3 Å². The van der Waals surface area contributed by atoms with E-state index in [1.807, 2.05) is 47.1 Å². The lowest BCUT2D eigenvalue weighted by atomic mass is 10.2. The van der Waals surface area contributed by atoms with Gasteiger partial charge in [0.15, 0.2) is 24.1 Å². The lowest BCUT2D eigenvalue weighted by Crippen LogP contribution is -2.35. The molecule has 11 heteroatoms. The molecule has 0 radical (unpaired) electrons. The van der Waals surface area contributed by atoms with Gasteiger partial charge >= 0.3 is 5.97 Å². The molecule has 8 nitrogen and oxygen atoms in total. The van der Waals surface area contributed by atoms with Crippen molar-refractivity contribution in [2.24, 2.45) is 0 Å². The summed E-state index contributed by atoms with van der Waals surface area (Å²) < 4.78 is 46.7. The highest BCUT2D eigenvalue weighted by Gasteiger charge is 2.17. The van der Waals surface area contributed by atoms with E-state index in [1.165, 1.54) is 0 Å². The summed E-state index contributed by atoms with van der Waals surface area (Å²) in [6.45, 7) is 0.546. The van der Waals surface area contributed by atoms with Crippen molar-refractivity contribution < 1.29 is 32.3 Å². The molecule has 3 aromatic carbocycles. The molecule has 0 aliphatic heterocycles. The van der Waals surface area contributed by atoms with Crippen LogP contribution in [0.3, 0.4) is 0 Å². The number of nitrogens with one attached hydrogen (secondary N) is 2. The average Bonchev–Trinajstić information content (AvgIpc) is 3.21. The number of hydrogen-bond donors (Lipinski definition) is 2. The fraction of sp³-hybridized carbons (Fsp3) is 0.120. The normalized spacial score (nSPS) is 10.8. The number of nitrogens with zero attached hydrogens (tertiary/aromatic N) is 2. The number of amides is 2. The van der Waals surface area contributed by atoms with Crippen molar-refractivity contribution >= 4 is 34.5 Å². The van der Waals surface area contributed by atoms with Crippen molar-refractivity contribution in [2.45, 2.75) is 6.92 Å². The summed E-state index contributed by atoms with van der Waals surface area (Å²) >= 11 is 0. The second kappa shape index (κ2) is 10.3. The number of rotatable bonds is 7. The van der Waals surface area contributed by atoms with Crippen LogP contribution in [0.15, 0.2) is 60.7 Å². The van der Waals surface area contributed by atoms with E-state index in [1.54, 1.807) is 18.2 Å². The first-order chi connectivity index (χ1) is 17.2. The molecule has 0 spiro atoms. The minimum absolute atomic E-state index is 0.180. The maximum atomic E-state index is 13.6. The number of benzene rings is 3. The molecule has 1 aromatic heterocycles. The molecule has 4 aromatic rings. The van der Waals surface area contributed by atoms with Crippen LogP contribution in [0.2, 0.25) is 0 Å². The van der Waals surface area contributed by atoms with Gasteiger partial charge in [0.25, 0.3) is 5.91 Å². The fourth-order valence-corrected chi connectivity index (χ4v) is 3.49. The largest absolute Gasteiger partial charge is 0.452 e. The summed E-state index contributed by atoms with van der Waals surface area (Å²) in [5.41, 5.74) is 1.87.